The molecule has 0 aromatic heterocycles. The van der Waals surface area contributed by atoms with E-state index >= 15 is 0 Å². The average molecular weight is 365 g/mol. The van der Waals surface area contributed by atoms with E-state index < -0.39 is 10.8 Å². The fourth-order valence-corrected chi connectivity index (χ4v) is 2.47. The standard InChI is InChI=1S/C17H17ClN2O5/c1-10(11-5-7-15(24-2)16(9-11)25-3)19-17(21)12-4-6-13(18)14(8-12)20(22)23/h4-10H,1-3H3,(H,19,21). The summed E-state index contributed by atoms with van der Waals surface area (Å²) in [6.45, 7) is 1.80. The van der Waals surface area contributed by atoms with Crippen LogP contribution in [0.15, 0.2) is 36.4 Å². The number of ether oxygens (including phenoxy) is 2. The predicted molar refractivity (Wildman–Crippen MR) is 93.5 cm³/mol. The van der Waals surface area contributed by atoms with Crippen molar-refractivity contribution in [3.63, 3.8) is 0 Å². The maximum absolute atomic E-state index is 12.4. The first-order valence-corrected chi connectivity index (χ1v) is 7.72. The summed E-state index contributed by atoms with van der Waals surface area (Å²) in [5, 5.41) is 13.7. The lowest BCUT2D eigenvalue weighted by molar-refractivity contribution is -0.384. The van der Waals surface area contributed by atoms with Gasteiger partial charge in [0.15, 0.2) is 11.5 Å². The molecule has 2 rings (SSSR count). The van der Waals surface area contributed by atoms with Gasteiger partial charge in [0.25, 0.3) is 11.6 Å². The predicted octanol–water partition coefficient (Wildman–Crippen LogP) is 3.76. The van der Waals surface area contributed by atoms with Crippen molar-refractivity contribution in [2.24, 2.45) is 0 Å². The van der Waals surface area contributed by atoms with Crippen LogP contribution >= 0.6 is 11.6 Å². The smallest absolute Gasteiger partial charge is 0.288 e. The molecule has 0 aliphatic carbocycles. The van der Waals surface area contributed by atoms with E-state index in [9.17, 15) is 14.9 Å². The summed E-state index contributed by atoms with van der Waals surface area (Å²) in [6, 6.07) is 8.87. The van der Waals surface area contributed by atoms with Crippen molar-refractivity contribution in [2.75, 3.05) is 14.2 Å². The highest BCUT2D eigenvalue weighted by Crippen LogP contribution is 2.30. The molecule has 0 bridgehead atoms. The van der Waals surface area contributed by atoms with Crippen molar-refractivity contribution in [1.82, 2.24) is 5.32 Å². The van der Waals surface area contributed by atoms with E-state index in [0.29, 0.717) is 11.5 Å². The molecule has 25 heavy (non-hydrogen) atoms. The number of benzene rings is 2. The second kappa shape index (κ2) is 7.85. The van der Waals surface area contributed by atoms with Crippen LogP contribution in [0.4, 0.5) is 5.69 Å². The number of methoxy groups -OCH3 is 2. The highest BCUT2D eigenvalue weighted by molar-refractivity contribution is 6.32. The number of halogens is 1. The number of nitrogens with one attached hydrogen (secondary N) is 1. The fourth-order valence-electron chi connectivity index (χ4n) is 2.28. The van der Waals surface area contributed by atoms with Gasteiger partial charge < -0.3 is 14.8 Å². The Hall–Kier alpha value is -2.80. The van der Waals surface area contributed by atoms with Gasteiger partial charge in [0.1, 0.15) is 5.02 Å². The molecule has 2 aromatic rings. The molecule has 0 fully saturated rings. The van der Waals surface area contributed by atoms with Gasteiger partial charge >= 0.3 is 0 Å². The second-order valence-corrected chi connectivity index (χ2v) is 5.64. The number of nitro benzene ring substituents is 1. The maximum Gasteiger partial charge on any atom is 0.288 e. The minimum Gasteiger partial charge on any atom is -0.493 e. The molecule has 1 unspecified atom stereocenters. The van der Waals surface area contributed by atoms with Crippen molar-refractivity contribution in [3.8, 4) is 11.5 Å². The first-order chi connectivity index (χ1) is 11.9. The van der Waals surface area contributed by atoms with Gasteiger partial charge in [-0.15, -0.1) is 0 Å². The summed E-state index contributed by atoms with van der Waals surface area (Å²) in [7, 11) is 3.06. The van der Waals surface area contributed by atoms with Crippen LogP contribution < -0.4 is 14.8 Å². The molecule has 7 nitrogen and oxygen atoms in total. The van der Waals surface area contributed by atoms with Crippen LogP contribution in [0, 0.1) is 10.1 Å². The molecule has 0 aliphatic rings. The van der Waals surface area contributed by atoms with E-state index in [1.54, 1.807) is 25.1 Å². The molecule has 0 heterocycles. The molecule has 0 saturated carbocycles. The van der Waals surface area contributed by atoms with Crippen molar-refractivity contribution in [2.45, 2.75) is 13.0 Å². The van der Waals surface area contributed by atoms with Crippen LogP contribution in [0.2, 0.25) is 5.02 Å². The van der Waals surface area contributed by atoms with E-state index in [2.05, 4.69) is 5.32 Å². The van der Waals surface area contributed by atoms with Crippen LogP contribution in [0.3, 0.4) is 0 Å². The molecule has 132 valence electrons. The average Bonchev–Trinajstić information content (AvgIpc) is 2.60. The number of amides is 1. The summed E-state index contributed by atoms with van der Waals surface area (Å²) >= 11 is 5.76. The zero-order valence-electron chi connectivity index (χ0n) is 13.9. The number of carbonyl (C=O) groups excluding carboxylic acids is 1. The van der Waals surface area contributed by atoms with Gasteiger partial charge in [0.2, 0.25) is 0 Å². The molecule has 2 aromatic carbocycles. The Kier molecular flexibility index (Phi) is 5.82. The molecule has 0 saturated heterocycles. The van der Waals surface area contributed by atoms with Gasteiger partial charge in [-0.1, -0.05) is 17.7 Å². The summed E-state index contributed by atoms with van der Waals surface area (Å²) in [5.41, 5.74) is 0.644. The number of nitrogens with zero attached hydrogens (tertiary/aromatic N) is 1. The molecule has 8 heteroatoms. The first-order valence-electron chi connectivity index (χ1n) is 7.34. The van der Waals surface area contributed by atoms with Crippen LogP contribution in [0.5, 0.6) is 11.5 Å². The molecule has 1 N–H and O–H groups in total. The Labute approximate surface area is 149 Å². The molecule has 1 amide bonds. The Balaban J connectivity index is 2.20. The lowest BCUT2D eigenvalue weighted by Gasteiger charge is -2.16. The topological polar surface area (TPSA) is 90.7 Å². The third-order valence-electron chi connectivity index (χ3n) is 3.66. The van der Waals surface area contributed by atoms with E-state index in [-0.39, 0.29) is 22.3 Å². The molecule has 1 atom stereocenters. The zero-order chi connectivity index (χ0) is 18.6. The van der Waals surface area contributed by atoms with Crippen LogP contribution in [-0.4, -0.2) is 25.1 Å². The lowest BCUT2D eigenvalue weighted by atomic mass is 10.1. The third kappa shape index (κ3) is 4.19. The lowest BCUT2D eigenvalue weighted by Crippen LogP contribution is -2.26. The Morgan fingerprint density at radius 1 is 1.16 bits per heavy atom. The highest BCUT2D eigenvalue weighted by Gasteiger charge is 2.18. The fraction of sp³-hybridized carbons (Fsp3) is 0.235. The van der Waals surface area contributed by atoms with Gasteiger partial charge in [-0.25, -0.2) is 0 Å². The summed E-state index contributed by atoms with van der Waals surface area (Å²) in [6.07, 6.45) is 0. The Morgan fingerprint density at radius 3 is 2.44 bits per heavy atom. The Morgan fingerprint density at radius 2 is 1.84 bits per heavy atom. The van der Waals surface area contributed by atoms with Crippen molar-refractivity contribution in [3.05, 3.63) is 62.7 Å². The quantitative estimate of drug-likeness (QED) is 0.622. The Bertz CT molecular complexity index is 810. The van der Waals surface area contributed by atoms with Gasteiger partial charge in [-0.2, -0.15) is 0 Å². The number of nitro groups is 1. The summed E-state index contributed by atoms with van der Waals surface area (Å²) in [4.78, 5) is 22.7. The molecular weight excluding hydrogens is 348 g/mol. The first kappa shape index (κ1) is 18.5. The molecule has 0 radical (unpaired) electrons. The molecular formula is C17H17ClN2O5. The second-order valence-electron chi connectivity index (χ2n) is 5.23. The van der Waals surface area contributed by atoms with Gasteiger partial charge in [-0.05, 0) is 36.8 Å². The minimum absolute atomic E-state index is 0.0190. The molecule has 0 spiro atoms. The number of hydrogen-bond acceptors (Lipinski definition) is 5. The zero-order valence-corrected chi connectivity index (χ0v) is 14.7. The maximum atomic E-state index is 12.4. The largest absolute Gasteiger partial charge is 0.493 e. The number of carbonyl (C=O) groups is 1. The van der Waals surface area contributed by atoms with Crippen molar-refractivity contribution < 1.29 is 19.2 Å². The normalized spacial score (nSPS) is 11.5. The highest BCUT2D eigenvalue weighted by atomic mass is 35.5. The van der Waals surface area contributed by atoms with E-state index in [4.69, 9.17) is 21.1 Å². The number of rotatable bonds is 6. The van der Waals surface area contributed by atoms with E-state index in [0.717, 1.165) is 11.6 Å². The van der Waals surface area contributed by atoms with Crippen molar-refractivity contribution >= 4 is 23.2 Å². The van der Waals surface area contributed by atoms with Gasteiger partial charge in [0.05, 0.1) is 25.2 Å². The van der Waals surface area contributed by atoms with Crippen LogP contribution in [0.25, 0.3) is 0 Å². The van der Waals surface area contributed by atoms with Crippen LogP contribution in [-0.2, 0) is 0 Å². The van der Waals surface area contributed by atoms with Gasteiger partial charge in [-0.3, -0.25) is 14.9 Å². The number of hydrogen-bond donors (Lipinski definition) is 1. The van der Waals surface area contributed by atoms with E-state index in [1.165, 1.54) is 26.4 Å². The third-order valence-corrected chi connectivity index (χ3v) is 3.98. The monoisotopic (exact) mass is 364 g/mol. The summed E-state index contributed by atoms with van der Waals surface area (Å²) < 4.78 is 10.4. The van der Waals surface area contributed by atoms with Gasteiger partial charge in [0, 0.05) is 11.6 Å². The molecule has 0 aliphatic heterocycles. The van der Waals surface area contributed by atoms with Crippen molar-refractivity contribution in [1.29, 1.82) is 0 Å². The summed E-state index contributed by atoms with van der Waals surface area (Å²) in [5.74, 6) is 0.684. The van der Waals surface area contributed by atoms with E-state index in [1.807, 2.05) is 0 Å². The van der Waals surface area contributed by atoms with Crippen LogP contribution in [0.1, 0.15) is 28.9 Å². The minimum atomic E-state index is -0.628. The SMILES string of the molecule is COc1ccc(C(C)NC(=O)c2ccc(Cl)c([N+](=O)[O-])c2)cc1OC.